The summed E-state index contributed by atoms with van der Waals surface area (Å²) in [4.78, 5) is 4.63. The molecule has 0 aliphatic carbocycles. The van der Waals surface area contributed by atoms with E-state index in [2.05, 4.69) is 43.4 Å². The van der Waals surface area contributed by atoms with E-state index in [1.54, 1.807) is 11.3 Å². The second kappa shape index (κ2) is 6.13. The predicted molar refractivity (Wildman–Crippen MR) is 78.3 cm³/mol. The number of rotatable bonds is 6. The summed E-state index contributed by atoms with van der Waals surface area (Å²) in [6, 6.07) is 0. The molecule has 0 bridgehead atoms. The van der Waals surface area contributed by atoms with Crippen LogP contribution in [0.1, 0.15) is 51.7 Å². The van der Waals surface area contributed by atoms with Crippen LogP contribution in [0.5, 0.6) is 0 Å². The van der Waals surface area contributed by atoms with Crippen LogP contribution in [-0.2, 0) is 11.8 Å². The topological polar surface area (TPSA) is 45.1 Å². The van der Waals surface area contributed by atoms with E-state index in [9.17, 15) is 5.11 Å². The van der Waals surface area contributed by atoms with Gasteiger partial charge in [0.25, 0.3) is 0 Å². The maximum Gasteiger partial charge on any atom is 0.0957 e. The average Bonchev–Trinajstić information content (AvgIpc) is 2.65. The average molecular weight is 270 g/mol. The van der Waals surface area contributed by atoms with Gasteiger partial charge in [0.15, 0.2) is 0 Å². The summed E-state index contributed by atoms with van der Waals surface area (Å²) < 4.78 is 0. The van der Waals surface area contributed by atoms with E-state index in [1.165, 1.54) is 0 Å². The van der Waals surface area contributed by atoms with Crippen LogP contribution in [0.3, 0.4) is 0 Å². The van der Waals surface area contributed by atoms with Crippen molar-refractivity contribution in [3.8, 4) is 0 Å². The zero-order chi connectivity index (χ0) is 13.8. The van der Waals surface area contributed by atoms with Gasteiger partial charge >= 0.3 is 0 Å². The highest BCUT2D eigenvalue weighted by Gasteiger charge is 2.24. The lowest BCUT2D eigenvalue weighted by Gasteiger charge is -2.22. The van der Waals surface area contributed by atoms with Crippen molar-refractivity contribution in [2.45, 2.75) is 58.5 Å². The quantitative estimate of drug-likeness (QED) is 0.781. The molecular weight excluding hydrogens is 244 g/mol. The van der Waals surface area contributed by atoms with E-state index in [1.807, 2.05) is 6.92 Å². The van der Waals surface area contributed by atoms with Crippen molar-refractivity contribution < 1.29 is 5.11 Å². The van der Waals surface area contributed by atoms with Crippen molar-refractivity contribution in [3.63, 3.8) is 0 Å². The maximum atomic E-state index is 10.3. The number of aromatic nitrogens is 1. The van der Waals surface area contributed by atoms with Gasteiger partial charge in [-0.05, 0) is 26.4 Å². The minimum atomic E-state index is -0.671. The van der Waals surface area contributed by atoms with Crippen LogP contribution in [0.15, 0.2) is 5.38 Å². The third kappa shape index (κ3) is 5.04. The van der Waals surface area contributed by atoms with Crippen molar-refractivity contribution in [3.05, 3.63) is 16.1 Å². The molecule has 0 fully saturated rings. The predicted octanol–water partition coefficient (Wildman–Crippen LogP) is 2.73. The van der Waals surface area contributed by atoms with E-state index in [-0.39, 0.29) is 5.41 Å². The lowest BCUT2D eigenvalue weighted by Crippen LogP contribution is -2.32. The minimum Gasteiger partial charge on any atom is -0.390 e. The van der Waals surface area contributed by atoms with Crippen molar-refractivity contribution >= 4 is 11.3 Å². The molecule has 1 aromatic heterocycles. The Labute approximate surface area is 115 Å². The number of nitrogens with one attached hydrogen (secondary N) is 1. The molecule has 1 heterocycles. The third-order valence-electron chi connectivity index (χ3n) is 2.94. The van der Waals surface area contributed by atoms with Gasteiger partial charge in [-0.2, -0.15) is 0 Å². The first-order valence-corrected chi connectivity index (χ1v) is 7.50. The molecule has 1 atom stereocenters. The maximum absolute atomic E-state index is 10.3. The van der Waals surface area contributed by atoms with Gasteiger partial charge in [-0.15, -0.1) is 11.3 Å². The third-order valence-corrected chi connectivity index (χ3v) is 3.79. The standard InChI is InChI=1S/C14H26N2OS/c1-6-15-8-7-14(5,17)9-12-16-11(10-18-12)13(2,3)4/h10,15,17H,6-9H2,1-5H3. The van der Waals surface area contributed by atoms with Crippen LogP contribution >= 0.6 is 11.3 Å². The van der Waals surface area contributed by atoms with Gasteiger partial charge in [-0.25, -0.2) is 4.98 Å². The van der Waals surface area contributed by atoms with Crippen LogP contribution in [0.2, 0.25) is 0 Å². The zero-order valence-corrected chi connectivity index (χ0v) is 13.0. The number of hydrogen-bond acceptors (Lipinski definition) is 4. The van der Waals surface area contributed by atoms with Gasteiger partial charge in [0.05, 0.1) is 16.3 Å². The Bertz CT molecular complexity index is 366. The van der Waals surface area contributed by atoms with Gasteiger partial charge in [-0.3, -0.25) is 0 Å². The summed E-state index contributed by atoms with van der Waals surface area (Å²) in [5, 5.41) is 16.7. The second-order valence-corrected chi connectivity index (χ2v) is 7.10. The van der Waals surface area contributed by atoms with Crippen molar-refractivity contribution in [2.75, 3.05) is 13.1 Å². The zero-order valence-electron chi connectivity index (χ0n) is 12.2. The Morgan fingerprint density at radius 3 is 2.50 bits per heavy atom. The van der Waals surface area contributed by atoms with Crippen LogP contribution in [-0.4, -0.2) is 28.8 Å². The SMILES string of the molecule is CCNCCC(C)(O)Cc1nc(C(C)(C)C)cs1. The van der Waals surface area contributed by atoms with Crippen LogP contribution < -0.4 is 5.32 Å². The summed E-state index contributed by atoms with van der Waals surface area (Å²) in [5.41, 5.74) is 0.532. The molecule has 0 radical (unpaired) electrons. The molecule has 1 aromatic rings. The molecule has 3 nitrogen and oxygen atoms in total. The molecular formula is C14H26N2OS. The largest absolute Gasteiger partial charge is 0.390 e. The Morgan fingerprint density at radius 1 is 1.33 bits per heavy atom. The normalized spacial score (nSPS) is 15.7. The first-order valence-electron chi connectivity index (χ1n) is 6.62. The molecule has 0 amide bonds. The molecule has 0 aromatic carbocycles. The molecule has 104 valence electrons. The van der Waals surface area contributed by atoms with E-state index in [0.717, 1.165) is 30.2 Å². The first-order chi connectivity index (χ1) is 8.24. The van der Waals surface area contributed by atoms with E-state index >= 15 is 0 Å². The van der Waals surface area contributed by atoms with Crippen molar-refractivity contribution in [1.29, 1.82) is 0 Å². The lowest BCUT2D eigenvalue weighted by atomic mass is 9.93. The van der Waals surface area contributed by atoms with Crippen LogP contribution in [0.4, 0.5) is 0 Å². The van der Waals surface area contributed by atoms with E-state index in [4.69, 9.17) is 0 Å². The molecule has 0 saturated carbocycles. The summed E-state index contributed by atoms with van der Waals surface area (Å²) in [7, 11) is 0. The summed E-state index contributed by atoms with van der Waals surface area (Å²) >= 11 is 1.65. The Hall–Kier alpha value is -0.450. The molecule has 0 aliphatic heterocycles. The number of nitrogens with zero attached hydrogens (tertiary/aromatic N) is 1. The van der Waals surface area contributed by atoms with Crippen molar-refractivity contribution in [1.82, 2.24) is 10.3 Å². The van der Waals surface area contributed by atoms with Gasteiger partial charge in [0.2, 0.25) is 0 Å². The highest BCUT2D eigenvalue weighted by atomic mass is 32.1. The fourth-order valence-electron chi connectivity index (χ4n) is 1.69. The lowest BCUT2D eigenvalue weighted by molar-refractivity contribution is 0.0516. The molecule has 1 unspecified atom stereocenters. The fourth-order valence-corrected chi connectivity index (χ4v) is 2.88. The van der Waals surface area contributed by atoms with Crippen LogP contribution in [0.25, 0.3) is 0 Å². The molecule has 18 heavy (non-hydrogen) atoms. The van der Waals surface area contributed by atoms with Crippen molar-refractivity contribution in [2.24, 2.45) is 0 Å². The minimum absolute atomic E-state index is 0.0877. The van der Waals surface area contributed by atoms with Gasteiger partial charge in [0.1, 0.15) is 0 Å². The fraction of sp³-hybridized carbons (Fsp3) is 0.786. The monoisotopic (exact) mass is 270 g/mol. The van der Waals surface area contributed by atoms with E-state index in [0.29, 0.717) is 6.42 Å². The molecule has 1 rings (SSSR count). The van der Waals surface area contributed by atoms with E-state index < -0.39 is 5.60 Å². The Morgan fingerprint density at radius 2 is 2.00 bits per heavy atom. The molecule has 0 saturated heterocycles. The summed E-state index contributed by atoms with van der Waals surface area (Å²) in [5.74, 6) is 0. The first kappa shape index (κ1) is 15.6. The highest BCUT2D eigenvalue weighted by Crippen LogP contribution is 2.26. The molecule has 0 spiro atoms. The summed E-state index contributed by atoms with van der Waals surface area (Å²) in [6.07, 6.45) is 1.39. The summed E-state index contributed by atoms with van der Waals surface area (Å²) in [6.45, 7) is 12.2. The van der Waals surface area contributed by atoms with Crippen LogP contribution in [0, 0.1) is 0 Å². The smallest absolute Gasteiger partial charge is 0.0957 e. The number of thiazole rings is 1. The number of aliphatic hydroxyl groups is 1. The Balaban J connectivity index is 2.58. The Kier molecular flexibility index (Phi) is 5.32. The molecule has 0 aliphatic rings. The second-order valence-electron chi connectivity index (χ2n) is 6.15. The van der Waals surface area contributed by atoms with Gasteiger partial charge in [0, 0.05) is 17.2 Å². The van der Waals surface area contributed by atoms with Gasteiger partial charge in [-0.1, -0.05) is 27.7 Å². The van der Waals surface area contributed by atoms with Gasteiger partial charge < -0.3 is 10.4 Å². The molecule has 2 N–H and O–H groups in total. The highest BCUT2D eigenvalue weighted by molar-refractivity contribution is 7.09. The molecule has 4 heteroatoms. The number of hydrogen-bond donors (Lipinski definition) is 2.